The smallest absolute Gasteiger partial charge is 0.407 e. The summed E-state index contributed by atoms with van der Waals surface area (Å²) in [6, 6.07) is 16.2. The van der Waals surface area contributed by atoms with E-state index in [1.54, 1.807) is 30.3 Å². The Kier molecular flexibility index (Phi) is 5.91. The molecule has 8 heteroatoms. The zero-order chi connectivity index (χ0) is 17.4. The van der Waals surface area contributed by atoms with Crippen molar-refractivity contribution in [3.8, 4) is 0 Å². The molecule has 0 atom stereocenters. The summed E-state index contributed by atoms with van der Waals surface area (Å²) in [7, 11) is -4.20. The highest BCUT2D eigenvalue weighted by Gasteiger charge is 2.20. The summed E-state index contributed by atoms with van der Waals surface area (Å²) in [6.45, 7) is -0.594. The van der Waals surface area contributed by atoms with Gasteiger partial charge in [-0.2, -0.15) is 8.42 Å². The van der Waals surface area contributed by atoms with E-state index in [1.807, 2.05) is 6.07 Å². The van der Waals surface area contributed by atoms with Crippen molar-refractivity contribution in [2.24, 2.45) is 0 Å². The van der Waals surface area contributed by atoms with Crippen LogP contribution in [0.2, 0.25) is 0 Å². The Morgan fingerprint density at radius 2 is 1.50 bits per heavy atom. The predicted molar refractivity (Wildman–Crippen MR) is 84.3 cm³/mol. The normalized spacial score (nSPS) is 10.7. The molecule has 7 nitrogen and oxygen atoms in total. The van der Waals surface area contributed by atoms with E-state index in [1.165, 1.54) is 24.3 Å². The molecule has 0 aromatic heterocycles. The van der Waals surface area contributed by atoms with Crippen LogP contribution in [0, 0.1) is 0 Å². The van der Waals surface area contributed by atoms with Gasteiger partial charge in [-0.15, -0.1) is 0 Å². The molecule has 2 aromatic carbocycles. The Morgan fingerprint density at radius 3 is 2.12 bits per heavy atom. The highest BCUT2D eigenvalue weighted by atomic mass is 32.2. The number of hydrogen-bond donors (Lipinski definition) is 1. The second-order valence-electron chi connectivity index (χ2n) is 4.64. The first-order chi connectivity index (χ1) is 11.5. The SMILES string of the molecule is O=C(CNC(=O)OCc1ccccc1)OS(=O)(=O)c1ccccc1. The fourth-order valence-electron chi connectivity index (χ4n) is 1.71. The standard InChI is InChI=1S/C16H15NO6S/c18-15(23-24(20,21)14-9-5-2-6-10-14)11-17-16(19)22-12-13-7-3-1-4-8-13/h1-10H,11-12H2,(H,17,19). The minimum Gasteiger partial charge on any atom is -0.445 e. The maximum absolute atomic E-state index is 11.8. The average Bonchev–Trinajstić information content (AvgIpc) is 2.59. The highest BCUT2D eigenvalue weighted by molar-refractivity contribution is 7.87. The fourth-order valence-corrected chi connectivity index (χ4v) is 2.60. The molecule has 0 spiro atoms. The molecular formula is C16H15NO6S. The van der Waals surface area contributed by atoms with Crippen LogP contribution < -0.4 is 5.32 Å². The van der Waals surface area contributed by atoms with Crippen LogP contribution in [0.15, 0.2) is 65.6 Å². The minimum atomic E-state index is -4.20. The Morgan fingerprint density at radius 1 is 0.917 bits per heavy atom. The van der Waals surface area contributed by atoms with Crippen LogP contribution in [0.1, 0.15) is 5.56 Å². The monoisotopic (exact) mass is 349 g/mol. The van der Waals surface area contributed by atoms with Crippen LogP contribution in [-0.2, 0) is 30.4 Å². The van der Waals surface area contributed by atoms with Crippen molar-refractivity contribution in [1.29, 1.82) is 0 Å². The number of benzene rings is 2. The van der Waals surface area contributed by atoms with E-state index in [2.05, 4.69) is 9.50 Å². The molecular weight excluding hydrogens is 334 g/mol. The first-order valence-electron chi connectivity index (χ1n) is 6.94. The number of nitrogens with one attached hydrogen (secondary N) is 1. The Hall–Kier alpha value is -2.87. The summed E-state index contributed by atoms with van der Waals surface area (Å²) in [4.78, 5) is 22.9. The lowest BCUT2D eigenvalue weighted by molar-refractivity contribution is -0.132. The van der Waals surface area contributed by atoms with E-state index in [0.717, 1.165) is 5.56 Å². The van der Waals surface area contributed by atoms with Crippen molar-refractivity contribution in [2.75, 3.05) is 6.54 Å². The van der Waals surface area contributed by atoms with Crippen LogP contribution in [0.3, 0.4) is 0 Å². The van der Waals surface area contributed by atoms with E-state index < -0.39 is 28.7 Å². The van der Waals surface area contributed by atoms with Gasteiger partial charge in [-0.3, -0.25) is 0 Å². The van der Waals surface area contributed by atoms with E-state index in [-0.39, 0.29) is 11.5 Å². The molecule has 0 radical (unpaired) electrons. The van der Waals surface area contributed by atoms with Crippen molar-refractivity contribution >= 4 is 22.2 Å². The summed E-state index contributed by atoms with van der Waals surface area (Å²) in [5.41, 5.74) is 0.780. The molecule has 0 unspecified atom stereocenters. The maximum Gasteiger partial charge on any atom is 0.407 e. The molecule has 0 saturated heterocycles. The lowest BCUT2D eigenvalue weighted by Crippen LogP contribution is -2.32. The molecule has 0 aliphatic carbocycles. The Bertz CT molecular complexity index is 790. The van der Waals surface area contributed by atoms with E-state index in [4.69, 9.17) is 4.74 Å². The van der Waals surface area contributed by atoms with E-state index >= 15 is 0 Å². The highest BCUT2D eigenvalue weighted by Crippen LogP contribution is 2.11. The third-order valence-electron chi connectivity index (χ3n) is 2.82. The zero-order valence-corrected chi connectivity index (χ0v) is 13.4. The molecule has 0 aliphatic heterocycles. The average molecular weight is 349 g/mol. The summed E-state index contributed by atoms with van der Waals surface area (Å²) < 4.78 is 32.9. The van der Waals surface area contributed by atoms with Crippen LogP contribution in [0.5, 0.6) is 0 Å². The summed E-state index contributed by atoms with van der Waals surface area (Å²) >= 11 is 0. The van der Waals surface area contributed by atoms with Crippen molar-refractivity contribution in [1.82, 2.24) is 5.32 Å². The van der Waals surface area contributed by atoms with Crippen LogP contribution in [-0.4, -0.2) is 27.0 Å². The van der Waals surface area contributed by atoms with Crippen LogP contribution in [0.4, 0.5) is 4.79 Å². The van der Waals surface area contributed by atoms with Crippen LogP contribution in [0.25, 0.3) is 0 Å². The molecule has 0 heterocycles. The summed E-state index contributed by atoms with van der Waals surface area (Å²) in [5.74, 6) is -1.12. The molecule has 126 valence electrons. The third-order valence-corrected chi connectivity index (χ3v) is 4.08. The van der Waals surface area contributed by atoms with Crippen molar-refractivity contribution < 1.29 is 26.9 Å². The quantitative estimate of drug-likeness (QED) is 0.799. The number of ether oxygens (including phenoxy) is 1. The van der Waals surface area contributed by atoms with Gasteiger partial charge in [0.2, 0.25) is 0 Å². The van der Waals surface area contributed by atoms with Gasteiger partial charge in [0.15, 0.2) is 0 Å². The summed E-state index contributed by atoms with van der Waals surface area (Å²) in [5, 5.41) is 2.13. The lowest BCUT2D eigenvalue weighted by atomic mass is 10.2. The maximum atomic E-state index is 11.8. The van der Waals surface area contributed by atoms with Gasteiger partial charge in [-0.05, 0) is 17.7 Å². The van der Waals surface area contributed by atoms with Gasteiger partial charge in [-0.1, -0.05) is 48.5 Å². The molecule has 24 heavy (non-hydrogen) atoms. The second kappa shape index (κ2) is 8.11. The van der Waals surface area contributed by atoms with Crippen molar-refractivity contribution in [3.05, 3.63) is 66.2 Å². The number of alkyl carbamates (subject to hydrolysis) is 1. The van der Waals surface area contributed by atoms with Gasteiger partial charge in [-0.25, -0.2) is 9.59 Å². The first-order valence-corrected chi connectivity index (χ1v) is 8.35. The van der Waals surface area contributed by atoms with Crippen molar-refractivity contribution in [3.63, 3.8) is 0 Å². The second-order valence-corrected chi connectivity index (χ2v) is 6.18. The molecule has 2 rings (SSSR count). The number of carbonyl (C=O) groups excluding carboxylic acids is 2. The first kappa shape index (κ1) is 17.5. The minimum absolute atomic E-state index is 0.0318. The number of amides is 1. The molecule has 1 amide bonds. The van der Waals surface area contributed by atoms with Crippen molar-refractivity contribution in [2.45, 2.75) is 11.5 Å². The number of hydrogen-bond acceptors (Lipinski definition) is 6. The van der Waals surface area contributed by atoms with Gasteiger partial charge in [0.05, 0.1) is 0 Å². The lowest BCUT2D eigenvalue weighted by Gasteiger charge is -2.08. The van der Waals surface area contributed by atoms with Gasteiger partial charge < -0.3 is 14.2 Å². The number of rotatable bonds is 6. The van der Waals surface area contributed by atoms with E-state index in [0.29, 0.717) is 0 Å². The third kappa shape index (κ3) is 5.40. The van der Waals surface area contributed by atoms with Crippen LogP contribution >= 0.6 is 0 Å². The molecule has 0 aliphatic rings. The van der Waals surface area contributed by atoms with Gasteiger partial charge in [0.25, 0.3) is 0 Å². The topological polar surface area (TPSA) is 98.8 Å². The molecule has 0 bridgehead atoms. The van der Waals surface area contributed by atoms with E-state index in [9.17, 15) is 18.0 Å². The molecule has 2 aromatic rings. The summed E-state index contributed by atoms with van der Waals surface area (Å²) in [6.07, 6.45) is -0.854. The fraction of sp³-hybridized carbons (Fsp3) is 0.125. The number of carbonyl (C=O) groups is 2. The van der Waals surface area contributed by atoms with Gasteiger partial charge in [0.1, 0.15) is 18.0 Å². The molecule has 1 N–H and O–H groups in total. The largest absolute Gasteiger partial charge is 0.445 e. The van der Waals surface area contributed by atoms with Gasteiger partial charge in [0, 0.05) is 0 Å². The molecule has 0 fully saturated rings. The molecule has 0 saturated carbocycles. The Labute approximate surface area is 139 Å². The van der Waals surface area contributed by atoms with Gasteiger partial charge >= 0.3 is 22.2 Å². The Balaban J connectivity index is 1.77. The zero-order valence-electron chi connectivity index (χ0n) is 12.5. The predicted octanol–water partition coefficient (Wildman–Crippen LogP) is 1.84.